The van der Waals surface area contributed by atoms with Crippen LogP contribution in [0.4, 0.5) is 0 Å². The van der Waals surface area contributed by atoms with E-state index in [1.165, 1.54) is 29.7 Å². The molecule has 0 bridgehead atoms. The second-order valence-corrected chi connectivity index (χ2v) is 8.12. The van der Waals surface area contributed by atoms with Gasteiger partial charge in [-0.15, -0.1) is 16.4 Å². The van der Waals surface area contributed by atoms with Crippen molar-refractivity contribution in [2.45, 2.75) is 38.7 Å². The maximum absolute atomic E-state index is 5.44. The zero-order chi connectivity index (χ0) is 19.6. The van der Waals surface area contributed by atoms with Crippen LogP contribution < -0.4 is 4.74 Å². The van der Waals surface area contributed by atoms with Crippen molar-refractivity contribution in [1.82, 2.24) is 19.6 Å². The number of ether oxygens (including phenoxy) is 1. The van der Waals surface area contributed by atoms with E-state index >= 15 is 0 Å². The molecule has 0 aliphatic heterocycles. The molecule has 29 heavy (non-hydrogen) atoms. The molecule has 1 aliphatic rings. The van der Waals surface area contributed by atoms with Gasteiger partial charge in [-0.05, 0) is 43.4 Å². The molecule has 0 atom stereocenters. The fourth-order valence-corrected chi connectivity index (χ4v) is 5.02. The molecule has 5 rings (SSSR count). The quantitative estimate of drug-likeness (QED) is 0.282. The highest BCUT2D eigenvalue weighted by Crippen LogP contribution is 2.36. The molecule has 0 spiro atoms. The summed E-state index contributed by atoms with van der Waals surface area (Å²) in [6, 6.07) is 7.64. The minimum atomic E-state index is 0.196. The van der Waals surface area contributed by atoms with Gasteiger partial charge in [0.05, 0.1) is 18.7 Å². The van der Waals surface area contributed by atoms with Crippen LogP contribution in [0.25, 0.3) is 15.9 Å². The second-order valence-electron chi connectivity index (χ2n) is 7.04. The maximum atomic E-state index is 5.44. The molecule has 148 valence electrons. The highest BCUT2D eigenvalue weighted by Gasteiger charge is 2.20. The highest BCUT2D eigenvalue weighted by molar-refractivity contribution is 7.19. The van der Waals surface area contributed by atoms with E-state index in [-0.39, 0.29) is 6.61 Å². The first-order valence-electron chi connectivity index (χ1n) is 9.76. The number of thiophene rings is 1. The molecule has 1 aliphatic carbocycles. The molecule has 1 aromatic carbocycles. The summed E-state index contributed by atoms with van der Waals surface area (Å²) in [6.45, 7) is 0.196. The van der Waals surface area contributed by atoms with Crippen molar-refractivity contribution < 1.29 is 9.57 Å². The highest BCUT2D eigenvalue weighted by atomic mass is 32.1. The SMILES string of the molecule is COc1ccccc1/C=N/OCc1nc2c3c4c(sc3ncn2n1)CCCCC4. The van der Waals surface area contributed by atoms with E-state index in [0.717, 1.165) is 40.0 Å². The Kier molecular flexibility index (Phi) is 4.85. The standard InChI is InChI=1S/C21H21N5O2S/c1-27-16-9-6-5-7-14(16)11-23-28-12-18-24-20-19-15-8-3-2-4-10-17(15)29-21(19)22-13-26(20)25-18/h5-7,9,11,13H,2-4,8,10,12H2,1H3/b23-11+. The van der Waals surface area contributed by atoms with Gasteiger partial charge in [-0.2, -0.15) is 0 Å². The minimum Gasteiger partial charge on any atom is -0.496 e. The van der Waals surface area contributed by atoms with E-state index in [1.54, 1.807) is 35.5 Å². The van der Waals surface area contributed by atoms with Crippen molar-refractivity contribution in [2.75, 3.05) is 7.11 Å². The van der Waals surface area contributed by atoms with Gasteiger partial charge < -0.3 is 9.57 Å². The Hall–Kier alpha value is -3.00. The van der Waals surface area contributed by atoms with Crippen LogP contribution >= 0.6 is 11.3 Å². The molecule has 0 fully saturated rings. The third-order valence-electron chi connectivity index (χ3n) is 5.18. The average molecular weight is 407 g/mol. The predicted octanol–water partition coefficient (Wildman–Crippen LogP) is 4.17. The van der Waals surface area contributed by atoms with Crippen LogP contribution in [0.5, 0.6) is 5.75 Å². The van der Waals surface area contributed by atoms with Gasteiger partial charge in [0, 0.05) is 10.4 Å². The van der Waals surface area contributed by atoms with Crippen molar-refractivity contribution in [2.24, 2.45) is 5.16 Å². The van der Waals surface area contributed by atoms with Gasteiger partial charge in [-0.3, -0.25) is 0 Å². The fraction of sp³-hybridized carbons (Fsp3) is 0.333. The molecule has 0 saturated carbocycles. The molecule has 8 heteroatoms. The summed E-state index contributed by atoms with van der Waals surface area (Å²) in [7, 11) is 1.63. The first-order chi connectivity index (χ1) is 14.3. The number of benzene rings is 1. The molecule has 7 nitrogen and oxygen atoms in total. The lowest BCUT2D eigenvalue weighted by Gasteiger charge is -2.02. The van der Waals surface area contributed by atoms with Crippen LogP contribution in [0.1, 0.15) is 41.1 Å². The van der Waals surface area contributed by atoms with Crippen LogP contribution in [0.3, 0.4) is 0 Å². The van der Waals surface area contributed by atoms with Crippen molar-refractivity contribution in [3.8, 4) is 5.75 Å². The number of para-hydroxylation sites is 1. The van der Waals surface area contributed by atoms with Gasteiger partial charge in [0.2, 0.25) is 0 Å². The lowest BCUT2D eigenvalue weighted by atomic mass is 10.1. The number of aryl methyl sites for hydroxylation is 2. The summed E-state index contributed by atoms with van der Waals surface area (Å²) >= 11 is 1.80. The normalized spacial score (nSPS) is 14.4. The Labute approximate surface area is 172 Å². The number of hydrogen-bond donors (Lipinski definition) is 0. The second kappa shape index (κ2) is 7.79. The smallest absolute Gasteiger partial charge is 0.192 e. The predicted molar refractivity (Wildman–Crippen MR) is 113 cm³/mol. The van der Waals surface area contributed by atoms with Gasteiger partial charge in [-0.1, -0.05) is 23.7 Å². The van der Waals surface area contributed by atoms with Crippen LogP contribution in [-0.2, 0) is 24.3 Å². The number of fused-ring (bicyclic) bond motifs is 5. The van der Waals surface area contributed by atoms with Crippen LogP contribution in [0, 0.1) is 0 Å². The van der Waals surface area contributed by atoms with Crippen molar-refractivity contribution in [3.63, 3.8) is 0 Å². The molecular weight excluding hydrogens is 386 g/mol. The number of rotatable bonds is 5. The topological polar surface area (TPSA) is 73.9 Å². The Balaban J connectivity index is 1.39. The summed E-state index contributed by atoms with van der Waals surface area (Å²) in [6.07, 6.45) is 9.38. The summed E-state index contributed by atoms with van der Waals surface area (Å²) < 4.78 is 7.06. The molecule has 0 radical (unpaired) electrons. The molecule has 0 N–H and O–H groups in total. The molecule has 0 amide bonds. The van der Waals surface area contributed by atoms with E-state index in [9.17, 15) is 0 Å². The monoisotopic (exact) mass is 407 g/mol. The summed E-state index contributed by atoms with van der Waals surface area (Å²) in [5, 5.41) is 9.72. The van der Waals surface area contributed by atoms with Crippen molar-refractivity contribution in [1.29, 1.82) is 0 Å². The Morgan fingerprint density at radius 1 is 1.21 bits per heavy atom. The molecule has 3 aromatic heterocycles. The number of methoxy groups -OCH3 is 1. The molecule has 0 saturated heterocycles. The Morgan fingerprint density at radius 3 is 3.03 bits per heavy atom. The maximum Gasteiger partial charge on any atom is 0.192 e. The fourth-order valence-electron chi connectivity index (χ4n) is 3.80. The first-order valence-corrected chi connectivity index (χ1v) is 10.6. The number of oxime groups is 1. The van der Waals surface area contributed by atoms with Crippen LogP contribution in [-0.4, -0.2) is 32.9 Å². The average Bonchev–Trinajstić information content (AvgIpc) is 3.24. The zero-order valence-corrected chi connectivity index (χ0v) is 17.0. The lowest BCUT2D eigenvalue weighted by Crippen LogP contribution is -1.94. The number of nitrogens with zero attached hydrogens (tertiary/aromatic N) is 5. The largest absolute Gasteiger partial charge is 0.496 e. The van der Waals surface area contributed by atoms with E-state index in [4.69, 9.17) is 14.6 Å². The van der Waals surface area contributed by atoms with E-state index in [0.29, 0.717) is 5.82 Å². The summed E-state index contributed by atoms with van der Waals surface area (Å²) in [4.78, 5) is 17.3. The van der Waals surface area contributed by atoms with Crippen molar-refractivity contribution >= 4 is 33.4 Å². The molecule has 0 unspecified atom stereocenters. The van der Waals surface area contributed by atoms with Gasteiger partial charge in [-0.25, -0.2) is 14.5 Å². The lowest BCUT2D eigenvalue weighted by molar-refractivity contribution is 0.126. The number of hydrogen-bond acceptors (Lipinski definition) is 7. The summed E-state index contributed by atoms with van der Waals surface area (Å²) in [5.74, 6) is 1.34. The Morgan fingerprint density at radius 2 is 2.10 bits per heavy atom. The minimum absolute atomic E-state index is 0.196. The van der Waals surface area contributed by atoms with E-state index < -0.39 is 0 Å². The summed E-state index contributed by atoms with van der Waals surface area (Å²) in [5.41, 5.74) is 3.13. The van der Waals surface area contributed by atoms with Crippen molar-refractivity contribution in [3.05, 3.63) is 52.4 Å². The third kappa shape index (κ3) is 3.44. The van der Waals surface area contributed by atoms with Gasteiger partial charge in [0.25, 0.3) is 0 Å². The zero-order valence-electron chi connectivity index (χ0n) is 16.2. The molecule has 4 aromatic rings. The van der Waals surface area contributed by atoms with E-state index in [2.05, 4.69) is 15.2 Å². The molecular formula is C21H21N5O2S. The number of aromatic nitrogens is 4. The van der Waals surface area contributed by atoms with Gasteiger partial charge in [0.15, 0.2) is 18.1 Å². The van der Waals surface area contributed by atoms with Crippen LogP contribution in [0.15, 0.2) is 35.7 Å². The Bertz CT molecular complexity index is 1200. The molecule has 3 heterocycles. The van der Waals surface area contributed by atoms with Crippen LogP contribution in [0.2, 0.25) is 0 Å². The first kappa shape index (κ1) is 18.1. The van der Waals surface area contributed by atoms with Gasteiger partial charge in [0.1, 0.15) is 16.9 Å². The van der Waals surface area contributed by atoms with E-state index in [1.807, 2.05) is 24.3 Å². The third-order valence-corrected chi connectivity index (χ3v) is 6.38. The van der Waals surface area contributed by atoms with Gasteiger partial charge >= 0.3 is 0 Å².